The number of carbonyl (C=O) groups is 2. The van der Waals surface area contributed by atoms with Crippen LogP contribution in [0.2, 0.25) is 5.02 Å². The fraction of sp³-hybridized carbons (Fsp3) is 0.364. The Hall–Kier alpha value is -2.93. The molecule has 2 aromatic rings. The smallest absolute Gasteiger partial charge is 0.306 e. The largest absolute Gasteiger partial charge is 0.497 e. The van der Waals surface area contributed by atoms with Gasteiger partial charge in [-0.1, -0.05) is 11.6 Å². The molecule has 0 saturated carbocycles. The van der Waals surface area contributed by atoms with Gasteiger partial charge < -0.3 is 24.3 Å². The maximum atomic E-state index is 11.9. The van der Waals surface area contributed by atoms with Crippen LogP contribution < -0.4 is 19.5 Å². The van der Waals surface area contributed by atoms with E-state index in [1.807, 2.05) is 30.3 Å². The summed E-state index contributed by atoms with van der Waals surface area (Å²) < 4.78 is 21.3. The number of carbonyl (C=O) groups excluding carboxylic acids is 2. The standard InChI is InChI=1S/C22H24ClNO6/c1-27-15-4-5-19(28-2)17(11-15)13-8-14-9-16(30-22(14)18(23)10-13)12-24-20(25)6-7-21(26)29-3/h4-5,8,10-11,16H,6-7,9,12H2,1-3H3,(H,24,25). The van der Waals surface area contributed by atoms with Gasteiger partial charge in [-0.05, 0) is 35.9 Å². The van der Waals surface area contributed by atoms with Gasteiger partial charge in [0.25, 0.3) is 0 Å². The van der Waals surface area contributed by atoms with Crippen LogP contribution in [0.15, 0.2) is 30.3 Å². The van der Waals surface area contributed by atoms with Crippen molar-refractivity contribution in [2.75, 3.05) is 27.9 Å². The number of hydrogen-bond donors (Lipinski definition) is 1. The number of nitrogens with one attached hydrogen (secondary N) is 1. The SMILES string of the molecule is COC(=O)CCC(=O)NCC1Cc2cc(-c3cc(OC)ccc3OC)cc(Cl)c2O1. The average Bonchev–Trinajstić information content (AvgIpc) is 3.19. The van der Waals surface area contributed by atoms with Gasteiger partial charge in [0.05, 0.1) is 39.3 Å². The van der Waals surface area contributed by atoms with Gasteiger partial charge in [0.1, 0.15) is 23.4 Å². The summed E-state index contributed by atoms with van der Waals surface area (Å²) in [5, 5.41) is 3.28. The molecule has 8 heteroatoms. The minimum Gasteiger partial charge on any atom is -0.497 e. The third kappa shape index (κ3) is 4.97. The summed E-state index contributed by atoms with van der Waals surface area (Å²) in [6.45, 7) is 0.322. The highest BCUT2D eigenvalue weighted by molar-refractivity contribution is 6.32. The number of methoxy groups -OCH3 is 3. The molecule has 0 aromatic heterocycles. The van der Waals surface area contributed by atoms with Crippen molar-refractivity contribution in [3.05, 3.63) is 40.9 Å². The van der Waals surface area contributed by atoms with E-state index in [2.05, 4.69) is 10.1 Å². The van der Waals surface area contributed by atoms with Gasteiger partial charge >= 0.3 is 5.97 Å². The van der Waals surface area contributed by atoms with E-state index in [9.17, 15) is 9.59 Å². The number of hydrogen-bond acceptors (Lipinski definition) is 6. The van der Waals surface area contributed by atoms with E-state index in [1.165, 1.54) is 7.11 Å². The van der Waals surface area contributed by atoms with E-state index in [-0.39, 0.29) is 24.9 Å². The zero-order valence-corrected chi connectivity index (χ0v) is 17.9. The summed E-state index contributed by atoms with van der Waals surface area (Å²) in [5.74, 6) is 1.40. The minimum atomic E-state index is -0.415. The van der Waals surface area contributed by atoms with Crippen molar-refractivity contribution in [1.29, 1.82) is 0 Å². The number of halogens is 1. The van der Waals surface area contributed by atoms with E-state index in [0.717, 1.165) is 16.7 Å². The van der Waals surface area contributed by atoms with Gasteiger partial charge in [0, 0.05) is 24.0 Å². The quantitative estimate of drug-likeness (QED) is 0.642. The highest BCUT2D eigenvalue weighted by atomic mass is 35.5. The average molecular weight is 434 g/mol. The molecule has 7 nitrogen and oxygen atoms in total. The molecule has 30 heavy (non-hydrogen) atoms. The Bertz CT molecular complexity index is 945. The lowest BCUT2D eigenvalue weighted by Crippen LogP contribution is -2.34. The van der Waals surface area contributed by atoms with Crippen LogP contribution in [-0.2, 0) is 20.7 Å². The Morgan fingerprint density at radius 3 is 2.63 bits per heavy atom. The molecule has 1 N–H and O–H groups in total. The second-order valence-electron chi connectivity index (χ2n) is 6.84. The summed E-state index contributed by atoms with van der Waals surface area (Å²) >= 11 is 6.49. The predicted octanol–water partition coefficient (Wildman–Crippen LogP) is 3.40. The molecule has 0 aliphatic carbocycles. The van der Waals surface area contributed by atoms with Crippen molar-refractivity contribution in [2.24, 2.45) is 0 Å². The number of amides is 1. The van der Waals surface area contributed by atoms with Crippen molar-refractivity contribution >= 4 is 23.5 Å². The first-order chi connectivity index (χ1) is 14.4. The molecule has 2 aromatic carbocycles. The normalized spacial score (nSPS) is 14.5. The van der Waals surface area contributed by atoms with Crippen LogP contribution in [0.25, 0.3) is 11.1 Å². The molecule has 1 unspecified atom stereocenters. The first-order valence-corrected chi connectivity index (χ1v) is 9.88. The molecule has 0 radical (unpaired) electrons. The molecule has 0 spiro atoms. The van der Waals surface area contributed by atoms with E-state index >= 15 is 0 Å². The first kappa shape index (κ1) is 21.8. The topological polar surface area (TPSA) is 83.1 Å². The third-order valence-electron chi connectivity index (χ3n) is 4.88. The molecule has 1 amide bonds. The Morgan fingerprint density at radius 1 is 1.13 bits per heavy atom. The second kappa shape index (κ2) is 9.71. The molecule has 1 heterocycles. The summed E-state index contributed by atoms with van der Waals surface area (Å²) in [5.41, 5.74) is 2.71. The molecule has 0 saturated heterocycles. The number of rotatable bonds is 8. The van der Waals surface area contributed by atoms with Crippen molar-refractivity contribution in [3.8, 4) is 28.4 Å². The molecular formula is C22H24ClNO6. The number of esters is 1. The maximum Gasteiger partial charge on any atom is 0.306 e. The minimum absolute atomic E-state index is 0.0473. The van der Waals surface area contributed by atoms with Crippen molar-refractivity contribution in [1.82, 2.24) is 5.32 Å². The van der Waals surface area contributed by atoms with Crippen molar-refractivity contribution in [3.63, 3.8) is 0 Å². The summed E-state index contributed by atoms with van der Waals surface area (Å²) in [6.07, 6.45) is 0.493. The molecule has 1 atom stereocenters. The van der Waals surface area contributed by atoms with Gasteiger partial charge in [-0.25, -0.2) is 0 Å². The summed E-state index contributed by atoms with van der Waals surface area (Å²) in [6, 6.07) is 9.41. The van der Waals surface area contributed by atoms with E-state index in [4.69, 9.17) is 25.8 Å². The number of fused-ring (bicyclic) bond motifs is 1. The molecule has 0 bridgehead atoms. The van der Waals surface area contributed by atoms with Crippen molar-refractivity contribution < 1.29 is 28.5 Å². The van der Waals surface area contributed by atoms with Crippen LogP contribution in [0.3, 0.4) is 0 Å². The van der Waals surface area contributed by atoms with Crippen molar-refractivity contribution in [2.45, 2.75) is 25.4 Å². The van der Waals surface area contributed by atoms with Gasteiger partial charge in [-0.2, -0.15) is 0 Å². The third-order valence-corrected chi connectivity index (χ3v) is 5.16. The zero-order chi connectivity index (χ0) is 21.7. The second-order valence-corrected chi connectivity index (χ2v) is 7.24. The maximum absolute atomic E-state index is 11.9. The Balaban J connectivity index is 1.70. The van der Waals surface area contributed by atoms with E-state index in [0.29, 0.717) is 35.2 Å². The summed E-state index contributed by atoms with van der Waals surface area (Å²) in [7, 11) is 4.52. The lowest BCUT2D eigenvalue weighted by atomic mass is 9.99. The van der Waals surface area contributed by atoms with E-state index < -0.39 is 5.97 Å². The van der Waals surface area contributed by atoms with Crippen LogP contribution in [0.4, 0.5) is 0 Å². The monoisotopic (exact) mass is 433 g/mol. The van der Waals surface area contributed by atoms with Gasteiger partial charge in [0.2, 0.25) is 5.91 Å². The molecule has 160 valence electrons. The zero-order valence-electron chi connectivity index (χ0n) is 17.1. The summed E-state index contributed by atoms with van der Waals surface area (Å²) in [4.78, 5) is 23.0. The van der Waals surface area contributed by atoms with Crippen LogP contribution >= 0.6 is 11.6 Å². The van der Waals surface area contributed by atoms with Crippen LogP contribution in [0.5, 0.6) is 17.2 Å². The van der Waals surface area contributed by atoms with Gasteiger partial charge in [0.15, 0.2) is 0 Å². The molecule has 0 fully saturated rings. The number of benzene rings is 2. The van der Waals surface area contributed by atoms with Crippen LogP contribution in [0.1, 0.15) is 18.4 Å². The van der Waals surface area contributed by atoms with Gasteiger partial charge in [-0.3, -0.25) is 9.59 Å². The fourth-order valence-electron chi connectivity index (χ4n) is 3.33. The lowest BCUT2D eigenvalue weighted by molar-refractivity contribution is -0.142. The Morgan fingerprint density at radius 2 is 1.93 bits per heavy atom. The highest BCUT2D eigenvalue weighted by Gasteiger charge is 2.27. The first-order valence-electron chi connectivity index (χ1n) is 9.50. The highest BCUT2D eigenvalue weighted by Crippen LogP contribution is 2.42. The Kier molecular flexibility index (Phi) is 7.05. The van der Waals surface area contributed by atoms with Crippen LogP contribution in [-0.4, -0.2) is 45.9 Å². The molecular weight excluding hydrogens is 410 g/mol. The van der Waals surface area contributed by atoms with Gasteiger partial charge in [-0.15, -0.1) is 0 Å². The Labute approximate surface area is 180 Å². The van der Waals surface area contributed by atoms with Crippen LogP contribution in [0, 0.1) is 0 Å². The molecule has 1 aliphatic heterocycles. The molecule has 3 rings (SSSR count). The fourth-order valence-corrected chi connectivity index (χ4v) is 3.61. The predicted molar refractivity (Wildman–Crippen MR) is 112 cm³/mol. The van der Waals surface area contributed by atoms with E-state index in [1.54, 1.807) is 14.2 Å². The number of ether oxygens (including phenoxy) is 4. The lowest BCUT2D eigenvalue weighted by Gasteiger charge is -2.13. The molecule has 1 aliphatic rings.